The minimum Gasteiger partial charge on any atom is -0.474 e. The summed E-state index contributed by atoms with van der Waals surface area (Å²) >= 11 is 0. The van der Waals surface area contributed by atoms with Crippen LogP contribution >= 0.6 is 0 Å². The lowest BCUT2D eigenvalue weighted by atomic mass is 10.2. The Balaban J connectivity index is 1.32. The van der Waals surface area contributed by atoms with E-state index < -0.39 is 0 Å². The number of hydrogen-bond donors (Lipinski definition) is 1. The average Bonchev–Trinajstić information content (AvgIpc) is 3.51. The molecule has 1 aliphatic carbocycles. The van der Waals surface area contributed by atoms with Crippen LogP contribution in [0, 0.1) is 0 Å². The Morgan fingerprint density at radius 3 is 2.68 bits per heavy atom. The van der Waals surface area contributed by atoms with Crippen molar-refractivity contribution >= 4 is 11.9 Å². The summed E-state index contributed by atoms with van der Waals surface area (Å²) in [5.41, 5.74) is 1.09. The fourth-order valence-electron chi connectivity index (χ4n) is 4.50. The summed E-state index contributed by atoms with van der Waals surface area (Å²) in [5, 5.41) is 3.40. The lowest BCUT2D eigenvalue weighted by Gasteiger charge is -2.37. The number of ether oxygens (including phenoxy) is 2. The topological polar surface area (TPSA) is 79.3 Å². The standard InChI is InChI=1S/C23H35N5O3/c1-2-24-23(28-13-11-27(12-14-28)22(29)20-8-5-15-30-20)26-17-18-9-10-25-21(16-18)31-19-6-3-4-7-19/h9-10,16,19-20H,2-8,11-15,17H2,1H3,(H,24,26). The number of amides is 1. The Hall–Kier alpha value is -2.35. The number of carbonyl (C=O) groups excluding carboxylic acids is 1. The molecule has 0 aromatic carbocycles. The van der Waals surface area contributed by atoms with Gasteiger partial charge in [-0.2, -0.15) is 0 Å². The molecule has 1 aromatic heterocycles. The van der Waals surface area contributed by atoms with Gasteiger partial charge in [-0.3, -0.25) is 4.79 Å². The highest BCUT2D eigenvalue weighted by Gasteiger charge is 2.30. The van der Waals surface area contributed by atoms with Crippen LogP contribution in [0.5, 0.6) is 5.88 Å². The summed E-state index contributed by atoms with van der Waals surface area (Å²) in [4.78, 5) is 26.0. The van der Waals surface area contributed by atoms with Crippen molar-refractivity contribution in [1.29, 1.82) is 0 Å². The monoisotopic (exact) mass is 429 g/mol. The molecule has 2 aliphatic heterocycles. The molecule has 1 atom stereocenters. The van der Waals surface area contributed by atoms with Crippen LogP contribution in [-0.4, -0.2) is 78.2 Å². The molecule has 3 fully saturated rings. The third-order valence-corrected chi connectivity index (χ3v) is 6.23. The first kappa shape index (κ1) is 21.9. The number of aliphatic imine (C=N–C) groups is 1. The van der Waals surface area contributed by atoms with Gasteiger partial charge in [0.05, 0.1) is 6.54 Å². The van der Waals surface area contributed by atoms with Gasteiger partial charge in [0.15, 0.2) is 5.96 Å². The Labute approximate surface area is 185 Å². The summed E-state index contributed by atoms with van der Waals surface area (Å²) < 4.78 is 11.6. The van der Waals surface area contributed by atoms with E-state index >= 15 is 0 Å². The number of nitrogens with zero attached hydrogens (tertiary/aromatic N) is 4. The van der Waals surface area contributed by atoms with E-state index in [-0.39, 0.29) is 12.0 Å². The average molecular weight is 430 g/mol. The van der Waals surface area contributed by atoms with Crippen LogP contribution in [-0.2, 0) is 16.1 Å². The van der Waals surface area contributed by atoms with Crippen molar-refractivity contribution in [3.05, 3.63) is 23.9 Å². The third kappa shape index (κ3) is 5.87. The molecule has 0 spiro atoms. The van der Waals surface area contributed by atoms with Gasteiger partial charge in [-0.1, -0.05) is 0 Å². The molecule has 170 valence electrons. The number of pyridine rings is 1. The number of rotatable bonds is 6. The first-order chi connectivity index (χ1) is 15.2. The van der Waals surface area contributed by atoms with Crippen molar-refractivity contribution in [2.45, 2.75) is 64.2 Å². The van der Waals surface area contributed by atoms with Gasteiger partial charge in [0, 0.05) is 51.6 Å². The van der Waals surface area contributed by atoms with Gasteiger partial charge in [0.2, 0.25) is 5.88 Å². The molecule has 3 aliphatic rings. The summed E-state index contributed by atoms with van der Waals surface area (Å²) in [6, 6.07) is 4.00. The second-order valence-electron chi connectivity index (χ2n) is 8.51. The summed E-state index contributed by atoms with van der Waals surface area (Å²) in [6.45, 7) is 7.12. The van der Waals surface area contributed by atoms with Crippen molar-refractivity contribution in [3.63, 3.8) is 0 Å². The molecule has 1 unspecified atom stereocenters. The van der Waals surface area contributed by atoms with Crippen molar-refractivity contribution < 1.29 is 14.3 Å². The minimum absolute atomic E-state index is 0.144. The predicted octanol–water partition coefficient (Wildman–Crippen LogP) is 2.19. The van der Waals surface area contributed by atoms with E-state index in [1.54, 1.807) is 6.20 Å². The van der Waals surface area contributed by atoms with Crippen LogP contribution in [0.15, 0.2) is 23.3 Å². The summed E-state index contributed by atoms with van der Waals surface area (Å²) in [6.07, 6.45) is 8.43. The zero-order valence-electron chi connectivity index (χ0n) is 18.6. The second kappa shape index (κ2) is 10.8. The molecule has 1 aromatic rings. The van der Waals surface area contributed by atoms with Gasteiger partial charge in [0.25, 0.3) is 5.91 Å². The summed E-state index contributed by atoms with van der Waals surface area (Å²) in [7, 11) is 0. The van der Waals surface area contributed by atoms with E-state index in [0.717, 1.165) is 56.8 Å². The normalized spacial score (nSPS) is 22.7. The Bertz CT molecular complexity index is 751. The number of nitrogens with one attached hydrogen (secondary N) is 1. The molecule has 0 radical (unpaired) electrons. The number of aromatic nitrogens is 1. The van der Waals surface area contributed by atoms with Gasteiger partial charge in [-0.05, 0) is 57.1 Å². The van der Waals surface area contributed by atoms with Gasteiger partial charge in [0.1, 0.15) is 12.2 Å². The van der Waals surface area contributed by atoms with Gasteiger partial charge < -0.3 is 24.6 Å². The van der Waals surface area contributed by atoms with E-state index in [1.807, 2.05) is 17.0 Å². The maximum atomic E-state index is 12.6. The maximum absolute atomic E-state index is 12.6. The summed E-state index contributed by atoms with van der Waals surface area (Å²) in [5.74, 6) is 1.73. The predicted molar refractivity (Wildman–Crippen MR) is 119 cm³/mol. The lowest BCUT2D eigenvalue weighted by Crippen LogP contribution is -2.55. The van der Waals surface area contributed by atoms with Crippen LogP contribution < -0.4 is 10.1 Å². The van der Waals surface area contributed by atoms with E-state index in [9.17, 15) is 4.79 Å². The molecular formula is C23H35N5O3. The maximum Gasteiger partial charge on any atom is 0.251 e. The molecule has 1 saturated carbocycles. The number of hydrogen-bond acceptors (Lipinski definition) is 5. The minimum atomic E-state index is -0.235. The Morgan fingerprint density at radius 2 is 1.97 bits per heavy atom. The zero-order valence-corrected chi connectivity index (χ0v) is 18.6. The quantitative estimate of drug-likeness (QED) is 0.552. The van der Waals surface area contributed by atoms with E-state index in [0.29, 0.717) is 38.2 Å². The largest absolute Gasteiger partial charge is 0.474 e. The highest BCUT2D eigenvalue weighted by Crippen LogP contribution is 2.23. The van der Waals surface area contributed by atoms with Crippen molar-refractivity contribution in [1.82, 2.24) is 20.1 Å². The third-order valence-electron chi connectivity index (χ3n) is 6.23. The molecule has 0 bridgehead atoms. The van der Waals surface area contributed by atoms with Crippen LogP contribution in [0.3, 0.4) is 0 Å². The number of guanidine groups is 1. The van der Waals surface area contributed by atoms with E-state index in [2.05, 4.69) is 22.1 Å². The first-order valence-corrected chi connectivity index (χ1v) is 11.8. The van der Waals surface area contributed by atoms with Crippen LogP contribution in [0.4, 0.5) is 0 Å². The molecule has 8 heteroatoms. The van der Waals surface area contributed by atoms with Crippen LogP contribution in [0.25, 0.3) is 0 Å². The molecule has 8 nitrogen and oxygen atoms in total. The van der Waals surface area contributed by atoms with Crippen molar-refractivity contribution in [2.75, 3.05) is 39.3 Å². The molecule has 3 heterocycles. The zero-order chi connectivity index (χ0) is 21.5. The first-order valence-electron chi connectivity index (χ1n) is 11.8. The highest BCUT2D eigenvalue weighted by atomic mass is 16.5. The molecule has 1 N–H and O–H groups in total. The Morgan fingerprint density at radius 1 is 1.19 bits per heavy atom. The Kier molecular flexibility index (Phi) is 7.61. The van der Waals surface area contributed by atoms with Gasteiger partial charge in [-0.25, -0.2) is 9.98 Å². The smallest absolute Gasteiger partial charge is 0.251 e. The van der Waals surface area contributed by atoms with Crippen LogP contribution in [0.1, 0.15) is 51.0 Å². The second-order valence-corrected chi connectivity index (χ2v) is 8.51. The molecule has 31 heavy (non-hydrogen) atoms. The molecule has 2 saturated heterocycles. The fraction of sp³-hybridized carbons (Fsp3) is 0.696. The fourth-order valence-corrected chi connectivity index (χ4v) is 4.50. The van der Waals surface area contributed by atoms with Gasteiger partial charge in [-0.15, -0.1) is 0 Å². The highest BCUT2D eigenvalue weighted by molar-refractivity contribution is 5.82. The molecular weight excluding hydrogens is 394 g/mol. The molecule has 1 amide bonds. The molecule has 4 rings (SSSR count). The van der Waals surface area contributed by atoms with Gasteiger partial charge >= 0.3 is 0 Å². The van der Waals surface area contributed by atoms with Crippen LogP contribution in [0.2, 0.25) is 0 Å². The van der Waals surface area contributed by atoms with E-state index in [4.69, 9.17) is 14.5 Å². The lowest BCUT2D eigenvalue weighted by molar-refractivity contribution is -0.142. The van der Waals surface area contributed by atoms with Crippen molar-refractivity contribution in [3.8, 4) is 5.88 Å². The van der Waals surface area contributed by atoms with Crippen molar-refractivity contribution in [2.24, 2.45) is 4.99 Å². The SMILES string of the molecule is CCNC(=NCc1ccnc(OC2CCCC2)c1)N1CCN(C(=O)C2CCCO2)CC1. The number of piperazine rings is 1. The van der Waals surface area contributed by atoms with E-state index in [1.165, 1.54) is 12.8 Å². The number of carbonyl (C=O) groups is 1.